The van der Waals surface area contributed by atoms with Gasteiger partial charge in [-0.1, -0.05) is 5.57 Å². The van der Waals surface area contributed by atoms with Crippen LogP contribution < -0.4 is 5.32 Å². The quantitative estimate of drug-likeness (QED) is 0.811. The second kappa shape index (κ2) is 6.21. The Bertz CT molecular complexity index is 458. The normalized spacial score (nSPS) is 42.7. The molecule has 4 nitrogen and oxygen atoms in total. The maximum absolute atomic E-state index is 12.3. The highest BCUT2D eigenvalue weighted by Crippen LogP contribution is 2.62. The molecule has 4 heteroatoms. The van der Waals surface area contributed by atoms with Crippen molar-refractivity contribution in [2.45, 2.75) is 51.6 Å². The van der Waals surface area contributed by atoms with Gasteiger partial charge in [-0.3, -0.25) is 4.79 Å². The third kappa shape index (κ3) is 3.20. The first-order valence-corrected chi connectivity index (χ1v) is 9.29. The van der Waals surface area contributed by atoms with Crippen molar-refractivity contribution in [3.05, 3.63) is 11.6 Å². The van der Waals surface area contributed by atoms with Gasteiger partial charge in [0.25, 0.3) is 0 Å². The molecule has 4 bridgehead atoms. The van der Waals surface area contributed by atoms with Crippen LogP contribution in [0.2, 0.25) is 0 Å². The highest BCUT2D eigenvalue weighted by molar-refractivity contribution is 5.88. The highest BCUT2D eigenvalue weighted by atomic mass is 16.6. The molecule has 1 N–H and O–H groups in total. The number of hydrogen-bond acceptors (Lipinski definition) is 3. The van der Waals surface area contributed by atoms with Gasteiger partial charge in [0.2, 0.25) is 5.91 Å². The average molecular weight is 319 g/mol. The molecule has 0 unspecified atom stereocenters. The third-order valence-electron chi connectivity index (χ3n) is 6.61. The van der Waals surface area contributed by atoms with E-state index in [1.807, 2.05) is 6.08 Å². The van der Waals surface area contributed by atoms with E-state index in [4.69, 9.17) is 9.47 Å². The molecule has 5 fully saturated rings. The van der Waals surface area contributed by atoms with E-state index >= 15 is 0 Å². The zero-order valence-electron chi connectivity index (χ0n) is 14.2. The summed E-state index contributed by atoms with van der Waals surface area (Å²) in [5, 5.41) is 3.00. The lowest BCUT2D eigenvalue weighted by atomic mass is 9.48. The largest absolute Gasteiger partial charge is 0.376 e. The van der Waals surface area contributed by atoms with Crippen molar-refractivity contribution in [2.24, 2.45) is 23.2 Å². The van der Waals surface area contributed by atoms with Crippen LogP contribution in [-0.4, -0.2) is 38.4 Å². The first-order chi connectivity index (χ1) is 11.1. The number of amides is 1. The average Bonchev–Trinajstić information content (AvgIpc) is 2.52. The number of hydrogen-bond donors (Lipinski definition) is 1. The van der Waals surface area contributed by atoms with E-state index in [2.05, 4.69) is 12.2 Å². The van der Waals surface area contributed by atoms with Crippen LogP contribution >= 0.6 is 0 Å². The molecule has 0 radical (unpaired) electrons. The lowest BCUT2D eigenvalue weighted by Crippen LogP contribution is -2.47. The fourth-order valence-electron chi connectivity index (χ4n) is 5.86. The van der Waals surface area contributed by atoms with Crippen molar-refractivity contribution in [3.8, 4) is 0 Å². The van der Waals surface area contributed by atoms with Gasteiger partial charge >= 0.3 is 0 Å². The van der Waals surface area contributed by atoms with Gasteiger partial charge in [0.15, 0.2) is 0 Å². The molecule has 4 aliphatic carbocycles. The predicted octanol–water partition coefficient (Wildman–Crippen LogP) is 2.68. The van der Waals surface area contributed by atoms with Crippen molar-refractivity contribution in [3.63, 3.8) is 0 Å². The van der Waals surface area contributed by atoms with Crippen LogP contribution in [0.25, 0.3) is 0 Å². The first-order valence-electron chi connectivity index (χ1n) is 9.29. The minimum Gasteiger partial charge on any atom is -0.376 e. The van der Waals surface area contributed by atoms with Gasteiger partial charge in [-0.2, -0.15) is 0 Å². The Morgan fingerprint density at radius 1 is 1.13 bits per heavy atom. The van der Waals surface area contributed by atoms with Crippen LogP contribution in [0.15, 0.2) is 11.6 Å². The molecule has 0 aromatic carbocycles. The minimum atomic E-state index is 0.000885. The summed E-state index contributed by atoms with van der Waals surface area (Å²) in [4.78, 5) is 12.3. The predicted molar refractivity (Wildman–Crippen MR) is 87.9 cm³/mol. The maximum Gasteiger partial charge on any atom is 0.244 e. The Morgan fingerprint density at radius 2 is 1.78 bits per heavy atom. The lowest BCUT2D eigenvalue weighted by Gasteiger charge is -2.57. The van der Waals surface area contributed by atoms with E-state index in [1.54, 1.807) is 0 Å². The first kappa shape index (κ1) is 15.6. The van der Waals surface area contributed by atoms with Gasteiger partial charge in [0, 0.05) is 12.6 Å². The summed E-state index contributed by atoms with van der Waals surface area (Å²) in [6.07, 6.45) is 10.1. The SMILES string of the molecule is C/C(=C/C(=O)NC[C@@H]1COCCO1)C12CC3CC(CC(C3)C1)C2. The molecule has 0 aromatic rings. The third-order valence-corrected chi connectivity index (χ3v) is 6.61. The van der Waals surface area contributed by atoms with Crippen LogP contribution in [-0.2, 0) is 14.3 Å². The van der Waals surface area contributed by atoms with E-state index < -0.39 is 0 Å². The number of rotatable bonds is 4. The van der Waals surface area contributed by atoms with Crippen LogP contribution in [0.1, 0.15) is 45.4 Å². The van der Waals surface area contributed by atoms with Crippen molar-refractivity contribution in [2.75, 3.05) is 26.4 Å². The molecule has 0 aromatic heterocycles. The van der Waals surface area contributed by atoms with Crippen LogP contribution in [0, 0.1) is 23.2 Å². The van der Waals surface area contributed by atoms with Crippen LogP contribution in [0.4, 0.5) is 0 Å². The standard InChI is InChI=1S/C19H29NO3/c1-13(4-18(21)20-11-17-12-22-2-3-23-17)19-8-14-5-15(9-19)7-16(6-14)10-19/h4,14-17H,2-3,5-12H2,1H3,(H,20,21)/b13-4-/t14?,15?,16?,17-,19?/m1/s1. The Morgan fingerprint density at radius 3 is 2.35 bits per heavy atom. The maximum atomic E-state index is 12.3. The fraction of sp³-hybridized carbons (Fsp3) is 0.842. The Balaban J connectivity index is 1.37. The molecule has 1 atom stereocenters. The van der Waals surface area contributed by atoms with Crippen molar-refractivity contribution in [1.29, 1.82) is 0 Å². The Kier molecular flexibility index (Phi) is 4.22. The number of allylic oxidation sites excluding steroid dienone is 1. The molecule has 4 saturated carbocycles. The molecule has 5 rings (SSSR count). The Hall–Kier alpha value is -0.870. The van der Waals surface area contributed by atoms with Gasteiger partial charge in [-0.15, -0.1) is 0 Å². The van der Waals surface area contributed by atoms with E-state index in [0.29, 0.717) is 31.8 Å². The zero-order chi connectivity index (χ0) is 15.9. The molecule has 1 aliphatic heterocycles. The van der Waals surface area contributed by atoms with Gasteiger partial charge in [-0.05, 0) is 68.6 Å². The summed E-state index contributed by atoms with van der Waals surface area (Å²) in [5.74, 6) is 2.79. The molecule has 5 aliphatic rings. The molecule has 1 amide bonds. The van der Waals surface area contributed by atoms with E-state index in [-0.39, 0.29) is 12.0 Å². The zero-order valence-corrected chi connectivity index (χ0v) is 14.2. The molecule has 23 heavy (non-hydrogen) atoms. The molecule has 1 saturated heterocycles. The molecular weight excluding hydrogens is 290 g/mol. The lowest BCUT2D eigenvalue weighted by molar-refractivity contribution is -0.119. The second-order valence-corrected chi connectivity index (χ2v) is 8.34. The number of carbonyl (C=O) groups is 1. The smallest absolute Gasteiger partial charge is 0.244 e. The summed E-state index contributed by atoms with van der Waals surface area (Å²) >= 11 is 0. The van der Waals surface area contributed by atoms with Gasteiger partial charge in [0.05, 0.1) is 25.9 Å². The summed E-state index contributed by atoms with van der Waals surface area (Å²) in [5.41, 5.74) is 1.64. The van der Waals surface area contributed by atoms with Crippen LogP contribution in [0.3, 0.4) is 0 Å². The molecular formula is C19H29NO3. The second-order valence-electron chi connectivity index (χ2n) is 8.34. The van der Waals surface area contributed by atoms with Crippen molar-refractivity contribution >= 4 is 5.91 Å². The molecule has 1 heterocycles. The van der Waals surface area contributed by atoms with E-state index in [0.717, 1.165) is 17.8 Å². The highest BCUT2D eigenvalue weighted by Gasteiger charge is 2.51. The number of carbonyl (C=O) groups excluding carboxylic acids is 1. The van der Waals surface area contributed by atoms with Crippen LogP contribution in [0.5, 0.6) is 0 Å². The summed E-state index contributed by atoms with van der Waals surface area (Å²) in [6, 6.07) is 0. The van der Waals surface area contributed by atoms with Gasteiger partial charge in [0.1, 0.15) is 0 Å². The minimum absolute atomic E-state index is 0.000885. The van der Waals surface area contributed by atoms with E-state index in [9.17, 15) is 4.79 Å². The summed E-state index contributed by atoms with van der Waals surface area (Å²) in [7, 11) is 0. The fourth-order valence-corrected chi connectivity index (χ4v) is 5.86. The number of nitrogens with one attached hydrogen (secondary N) is 1. The van der Waals surface area contributed by atoms with Crippen molar-refractivity contribution < 1.29 is 14.3 Å². The number of ether oxygens (including phenoxy) is 2. The van der Waals surface area contributed by atoms with E-state index in [1.165, 1.54) is 44.1 Å². The van der Waals surface area contributed by atoms with Gasteiger partial charge in [-0.25, -0.2) is 0 Å². The Labute approximate surface area is 139 Å². The van der Waals surface area contributed by atoms with Crippen molar-refractivity contribution in [1.82, 2.24) is 5.32 Å². The molecule has 0 spiro atoms. The topological polar surface area (TPSA) is 47.6 Å². The summed E-state index contributed by atoms with van der Waals surface area (Å²) in [6.45, 7) is 4.60. The van der Waals surface area contributed by atoms with Gasteiger partial charge < -0.3 is 14.8 Å². The summed E-state index contributed by atoms with van der Waals surface area (Å²) < 4.78 is 10.9. The molecule has 128 valence electrons. The monoisotopic (exact) mass is 319 g/mol.